The first-order valence-corrected chi connectivity index (χ1v) is 7.06. The van der Waals surface area contributed by atoms with Crippen molar-refractivity contribution in [3.05, 3.63) is 35.9 Å². The van der Waals surface area contributed by atoms with Gasteiger partial charge in [-0.2, -0.15) is 0 Å². The first-order chi connectivity index (χ1) is 9.11. The van der Waals surface area contributed by atoms with Gasteiger partial charge in [-0.3, -0.25) is 4.79 Å². The van der Waals surface area contributed by atoms with Crippen LogP contribution in [0.2, 0.25) is 0 Å². The summed E-state index contributed by atoms with van der Waals surface area (Å²) in [4.78, 5) is 14.3. The van der Waals surface area contributed by atoms with Crippen molar-refractivity contribution in [1.82, 2.24) is 4.90 Å². The van der Waals surface area contributed by atoms with Crippen LogP contribution in [0.1, 0.15) is 32.8 Å². The summed E-state index contributed by atoms with van der Waals surface area (Å²) in [6.45, 7) is 8.20. The van der Waals surface area contributed by atoms with Gasteiger partial charge in [0.1, 0.15) is 0 Å². The van der Waals surface area contributed by atoms with Crippen molar-refractivity contribution in [2.75, 3.05) is 13.1 Å². The minimum Gasteiger partial charge on any atom is -0.372 e. The van der Waals surface area contributed by atoms with Crippen LogP contribution in [0, 0.1) is 5.41 Å². The minimum atomic E-state index is -0.305. The molecule has 3 nitrogen and oxygen atoms in total. The van der Waals surface area contributed by atoms with Crippen molar-refractivity contribution < 1.29 is 9.53 Å². The molecule has 0 aliphatic heterocycles. The smallest absolute Gasteiger partial charge is 0.231 e. The number of carbonyl (C=O) groups is 1. The zero-order valence-corrected chi connectivity index (χ0v) is 12.1. The Bertz CT molecular complexity index is 428. The van der Waals surface area contributed by atoms with E-state index in [1.54, 1.807) is 0 Å². The van der Waals surface area contributed by atoms with Crippen LogP contribution in [-0.2, 0) is 16.1 Å². The van der Waals surface area contributed by atoms with Crippen molar-refractivity contribution in [3.8, 4) is 0 Å². The Hall–Kier alpha value is -1.35. The molecular weight excluding hydrogens is 238 g/mol. The van der Waals surface area contributed by atoms with Gasteiger partial charge < -0.3 is 9.64 Å². The van der Waals surface area contributed by atoms with Gasteiger partial charge in [0.15, 0.2) is 0 Å². The number of amides is 1. The Balaban J connectivity index is 1.87. The molecule has 0 bridgehead atoms. The van der Waals surface area contributed by atoms with Crippen LogP contribution in [0.5, 0.6) is 0 Å². The topological polar surface area (TPSA) is 29.5 Å². The second-order valence-electron chi connectivity index (χ2n) is 5.38. The summed E-state index contributed by atoms with van der Waals surface area (Å²) in [5.41, 5.74) is 0.855. The van der Waals surface area contributed by atoms with Gasteiger partial charge in [0.25, 0.3) is 0 Å². The molecule has 1 aromatic rings. The lowest BCUT2D eigenvalue weighted by atomic mass is 10.1. The van der Waals surface area contributed by atoms with Gasteiger partial charge in [-0.15, -0.1) is 0 Å². The number of benzene rings is 1. The van der Waals surface area contributed by atoms with Crippen LogP contribution in [-0.4, -0.2) is 30.0 Å². The Labute approximate surface area is 115 Å². The molecule has 0 aromatic heterocycles. The number of hydrogen-bond donors (Lipinski definition) is 0. The highest BCUT2D eigenvalue weighted by atomic mass is 16.5. The summed E-state index contributed by atoms with van der Waals surface area (Å²) in [7, 11) is 0. The normalized spacial score (nSPS) is 25.1. The Morgan fingerprint density at radius 1 is 1.32 bits per heavy atom. The molecule has 0 N–H and O–H groups in total. The van der Waals surface area contributed by atoms with E-state index in [0.29, 0.717) is 6.61 Å². The molecule has 2 rings (SSSR count). The van der Waals surface area contributed by atoms with Crippen molar-refractivity contribution in [2.24, 2.45) is 5.41 Å². The van der Waals surface area contributed by atoms with E-state index in [0.717, 1.165) is 25.1 Å². The standard InChI is InChI=1S/C16H23NO2/c1-4-17(5-2)15(18)16(3)11-14(16)19-12-13-9-7-6-8-10-13/h6-10,14H,4-5,11-12H2,1-3H3/t14-,16+/m1/s1. The maximum atomic E-state index is 12.4. The maximum absolute atomic E-state index is 12.4. The summed E-state index contributed by atoms with van der Waals surface area (Å²) in [6.07, 6.45) is 0.913. The first kappa shape index (κ1) is 14.1. The van der Waals surface area contributed by atoms with E-state index in [4.69, 9.17) is 4.74 Å². The van der Waals surface area contributed by atoms with Gasteiger partial charge in [-0.25, -0.2) is 0 Å². The van der Waals surface area contributed by atoms with Crippen LogP contribution >= 0.6 is 0 Å². The number of rotatable bonds is 6. The molecular formula is C16H23NO2. The molecule has 3 heteroatoms. The summed E-state index contributed by atoms with van der Waals surface area (Å²) >= 11 is 0. The Morgan fingerprint density at radius 3 is 2.53 bits per heavy atom. The van der Waals surface area contributed by atoms with Gasteiger partial charge in [0.05, 0.1) is 18.1 Å². The number of hydrogen-bond acceptors (Lipinski definition) is 2. The monoisotopic (exact) mass is 261 g/mol. The minimum absolute atomic E-state index is 0.0702. The van der Waals surface area contributed by atoms with Crippen LogP contribution in [0.25, 0.3) is 0 Å². The maximum Gasteiger partial charge on any atom is 0.231 e. The molecule has 1 aromatic carbocycles. The fourth-order valence-corrected chi connectivity index (χ4v) is 2.44. The highest BCUT2D eigenvalue weighted by Crippen LogP contribution is 2.49. The number of nitrogens with zero attached hydrogens (tertiary/aromatic N) is 1. The van der Waals surface area contributed by atoms with E-state index < -0.39 is 0 Å². The molecule has 0 radical (unpaired) electrons. The molecule has 0 unspecified atom stereocenters. The fourth-order valence-electron chi connectivity index (χ4n) is 2.44. The highest BCUT2D eigenvalue weighted by Gasteiger charge is 2.58. The molecule has 1 saturated carbocycles. The van der Waals surface area contributed by atoms with E-state index in [9.17, 15) is 4.79 Å². The molecule has 19 heavy (non-hydrogen) atoms. The van der Waals surface area contributed by atoms with Gasteiger partial charge >= 0.3 is 0 Å². The number of ether oxygens (including phenoxy) is 1. The van der Waals surface area contributed by atoms with Crippen LogP contribution in [0.4, 0.5) is 0 Å². The summed E-state index contributed by atoms with van der Waals surface area (Å²) in [5, 5.41) is 0. The third-order valence-electron chi connectivity index (χ3n) is 3.99. The summed E-state index contributed by atoms with van der Waals surface area (Å²) in [5.74, 6) is 0.232. The molecule has 1 fully saturated rings. The largest absolute Gasteiger partial charge is 0.372 e. The van der Waals surface area contributed by atoms with Crippen LogP contribution < -0.4 is 0 Å². The van der Waals surface area contributed by atoms with Crippen LogP contribution in [0.3, 0.4) is 0 Å². The fraction of sp³-hybridized carbons (Fsp3) is 0.562. The highest BCUT2D eigenvalue weighted by molar-refractivity contribution is 5.86. The van der Waals surface area contributed by atoms with Gasteiger partial charge in [-0.05, 0) is 32.8 Å². The Kier molecular flexibility index (Phi) is 4.25. The SMILES string of the molecule is CCN(CC)C(=O)[C@@]1(C)C[C@H]1OCc1ccccc1. The number of carbonyl (C=O) groups excluding carboxylic acids is 1. The first-order valence-electron chi connectivity index (χ1n) is 7.06. The molecule has 1 amide bonds. The lowest BCUT2D eigenvalue weighted by Gasteiger charge is -2.23. The van der Waals surface area contributed by atoms with Gasteiger partial charge in [-0.1, -0.05) is 30.3 Å². The van der Waals surface area contributed by atoms with E-state index in [1.165, 1.54) is 0 Å². The predicted molar refractivity (Wildman–Crippen MR) is 75.7 cm³/mol. The second-order valence-corrected chi connectivity index (χ2v) is 5.38. The van der Waals surface area contributed by atoms with E-state index >= 15 is 0 Å². The lowest BCUT2D eigenvalue weighted by Crippen LogP contribution is -2.37. The van der Waals surface area contributed by atoms with Crippen molar-refractivity contribution in [1.29, 1.82) is 0 Å². The molecule has 2 atom stereocenters. The average Bonchev–Trinajstić information content (AvgIpc) is 3.11. The third-order valence-corrected chi connectivity index (χ3v) is 3.99. The average molecular weight is 261 g/mol. The molecule has 1 aliphatic carbocycles. The summed E-state index contributed by atoms with van der Waals surface area (Å²) < 4.78 is 5.87. The van der Waals surface area contributed by atoms with Crippen molar-refractivity contribution in [3.63, 3.8) is 0 Å². The van der Waals surface area contributed by atoms with Crippen molar-refractivity contribution >= 4 is 5.91 Å². The zero-order chi connectivity index (χ0) is 13.9. The molecule has 1 aliphatic rings. The molecule has 0 spiro atoms. The Morgan fingerprint density at radius 2 is 1.95 bits per heavy atom. The van der Waals surface area contributed by atoms with E-state index in [2.05, 4.69) is 0 Å². The van der Waals surface area contributed by atoms with Crippen LogP contribution in [0.15, 0.2) is 30.3 Å². The molecule has 104 valence electrons. The van der Waals surface area contributed by atoms with E-state index in [-0.39, 0.29) is 17.4 Å². The predicted octanol–water partition coefficient (Wildman–Crippen LogP) is 2.85. The lowest BCUT2D eigenvalue weighted by molar-refractivity contribution is -0.137. The third kappa shape index (κ3) is 2.98. The van der Waals surface area contributed by atoms with Gasteiger partial charge in [0, 0.05) is 13.1 Å². The molecule has 0 saturated heterocycles. The second kappa shape index (κ2) is 5.74. The molecule has 0 heterocycles. The summed E-state index contributed by atoms with van der Waals surface area (Å²) in [6, 6.07) is 10.1. The zero-order valence-electron chi connectivity index (χ0n) is 12.1. The van der Waals surface area contributed by atoms with E-state index in [1.807, 2.05) is 56.0 Å². The van der Waals surface area contributed by atoms with Gasteiger partial charge in [0.2, 0.25) is 5.91 Å². The quantitative estimate of drug-likeness (QED) is 0.788. The van der Waals surface area contributed by atoms with Crippen molar-refractivity contribution in [2.45, 2.75) is 39.9 Å².